The van der Waals surface area contributed by atoms with Crippen LogP contribution in [0.15, 0.2) is 0 Å². The lowest BCUT2D eigenvalue weighted by Crippen LogP contribution is -2.20. The van der Waals surface area contributed by atoms with E-state index in [-0.39, 0.29) is 11.4 Å². The van der Waals surface area contributed by atoms with Gasteiger partial charge in [-0.15, -0.1) is 0 Å². The van der Waals surface area contributed by atoms with Crippen LogP contribution in [0, 0.1) is 0 Å². The number of hydrogen-bond acceptors (Lipinski definition) is 2. The first-order chi connectivity index (χ1) is 4.26. The summed E-state index contributed by atoms with van der Waals surface area (Å²) in [6, 6.07) is 0. The molecule has 2 aliphatic rings. The SMILES string of the molecule is CC(=O)[C@]12CCC[C@H]1O2. The van der Waals surface area contributed by atoms with Crippen LogP contribution in [0.2, 0.25) is 0 Å². The maximum absolute atomic E-state index is 10.9. The van der Waals surface area contributed by atoms with Crippen LogP contribution in [0.4, 0.5) is 0 Å². The van der Waals surface area contributed by atoms with Gasteiger partial charge in [0.25, 0.3) is 0 Å². The van der Waals surface area contributed by atoms with Crippen molar-refractivity contribution in [1.82, 2.24) is 0 Å². The molecule has 2 rings (SSSR count). The lowest BCUT2D eigenvalue weighted by Gasteiger charge is -1.99. The summed E-state index contributed by atoms with van der Waals surface area (Å²) in [5.74, 6) is 0.227. The standard InChI is InChI=1S/C7H10O2/c1-5(8)7-4-2-3-6(7)9-7/h6H,2-4H2,1H3/t6-,7-/m1/s1. The molecule has 2 fully saturated rings. The second-order valence-electron chi connectivity index (χ2n) is 2.94. The van der Waals surface area contributed by atoms with Gasteiger partial charge in [-0.05, 0) is 26.2 Å². The number of rotatable bonds is 1. The normalized spacial score (nSPS) is 46.6. The van der Waals surface area contributed by atoms with E-state index in [0.717, 1.165) is 12.8 Å². The fourth-order valence-corrected chi connectivity index (χ4v) is 1.77. The number of fused-ring (bicyclic) bond motifs is 1. The van der Waals surface area contributed by atoms with Crippen molar-refractivity contribution in [3.63, 3.8) is 0 Å². The molecule has 1 aliphatic heterocycles. The number of carbonyl (C=O) groups excluding carboxylic acids is 1. The molecule has 1 aliphatic carbocycles. The molecule has 2 heteroatoms. The predicted molar refractivity (Wildman–Crippen MR) is 32.1 cm³/mol. The fourth-order valence-electron chi connectivity index (χ4n) is 1.77. The van der Waals surface area contributed by atoms with E-state index in [4.69, 9.17) is 4.74 Å². The number of epoxide rings is 1. The van der Waals surface area contributed by atoms with Gasteiger partial charge in [-0.3, -0.25) is 4.79 Å². The minimum absolute atomic E-state index is 0.227. The fraction of sp³-hybridized carbons (Fsp3) is 0.857. The van der Waals surface area contributed by atoms with Crippen molar-refractivity contribution >= 4 is 5.78 Å². The molecule has 9 heavy (non-hydrogen) atoms. The lowest BCUT2D eigenvalue weighted by atomic mass is 10.0. The minimum atomic E-state index is -0.278. The molecule has 0 aromatic heterocycles. The Kier molecular flexibility index (Phi) is 0.826. The summed E-state index contributed by atoms with van der Waals surface area (Å²) < 4.78 is 5.25. The van der Waals surface area contributed by atoms with E-state index < -0.39 is 0 Å². The molecule has 0 radical (unpaired) electrons. The van der Waals surface area contributed by atoms with Gasteiger partial charge in [-0.2, -0.15) is 0 Å². The van der Waals surface area contributed by atoms with E-state index >= 15 is 0 Å². The van der Waals surface area contributed by atoms with Gasteiger partial charge < -0.3 is 4.74 Å². The van der Waals surface area contributed by atoms with Crippen LogP contribution in [0.5, 0.6) is 0 Å². The van der Waals surface area contributed by atoms with E-state index in [1.807, 2.05) is 0 Å². The predicted octanol–water partition coefficient (Wildman–Crippen LogP) is 0.897. The molecule has 2 nitrogen and oxygen atoms in total. The summed E-state index contributed by atoms with van der Waals surface area (Å²) in [6.45, 7) is 1.63. The second-order valence-corrected chi connectivity index (χ2v) is 2.94. The Balaban J connectivity index is 2.19. The van der Waals surface area contributed by atoms with Crippen molar-refractivity contribution in [2.45, 2.75) is 37.9 Å². The molecule has 1 saturated heterocycles. The number of Topliss-reactive ketones (excluding diaryl/α,β-unsaturated/α-hetero) is 1. The Morgan fingerprint density at radius 1 is 1.78 bits per heavy atom. The molecule has 0 aromatic rings. The molecular weight excluding hydrogens is 116 g/mol. The van der Waals surface area contributed by atoms with Crippen molar-refractivity contribution in [1.29, 1.82) is 0 Å². The first kappa shape index (κ1) is 5.42. The number of carbonyl (C=O) groups is 1. The van der Waals surface area contributed by atoms with Crippen LogP contribution < -0.4 is 0 Å². The maximum Gasteiger partial charge on any atom is 0.164 e. The van der Waals surface area contributed by atoms with E-state index in [0.29, 0.717) is 6.10 Å². The average molecular weight is 126 g/mol. The van der Waals surface area contributed by atoms with E-state index in [1.165, 1.54) is 6.42 Å². The van der Waals surface area contributed by atoms with Crippen molar-refractivity contribution in [3.8, 4) is 0 Å². The Labute approximate surface area is 54.2 Å². The van der Waals surface area contributed by atoms with Crippen molar-refractivity contribution < 1.29 is 9.53 Å². The molecule has 1 saturated carbocycles. The van der Waals surface area contributed by atoms with Crippen LogP contribution in [-0.4, -0.2) is 17.5 Å². The van der Waals surface area contributed by atoms with Gasteiger partial charge in [0.2, 0.25) is 0 Å². The largest absolute Gasteiger partial charge is 0.358 e. The highest BCUT2D eigenvalue weighted by Crippen LogP contribution is 2.50. The Bertz CT molecular complexity index is 164. The Hall–Kier alpha value is -0.370. The first-order valence-corrected chi connectivity index (χ1v) is 3.44. The topological polar surface area (TPSA) is 29.6 Å². The Morgan fingerprint density at radius 3 is 2.78 bits per heavy atom. The smallest absolute Gasteiger partial charge is 0.164 e. The van der Waals surface area contributed by atoms with Crippen molar-refractivity contribution in [2.75, 3.05) is 0 Å². The number of ether oxygens (including phenoxy) is 1. The van der Waals surface area contributed by atoms with Crippen molar-refractivity contribution in [3.05, 3.63) is 0 Å². The summed E-state index contributed by atoms with van der Waals surface area (Å²) >= 11 is 0. The molecule has 0 aromatic carbocycles. The van der Waals surface area contributed by atoms with Crippen LogP contribution in [-0.2, 0) is 9.53 Å². The summed E-state index contributed by atoms with van der Waals surface area (Å²) in [7, 11) is 0. The third-order valence-corrected chi connectivity index (χ3v) is 2.43. The van der Waals surface area contributed by atoms with Gasteiger partial charge in [-0.25, -0.2) is 0 Å². The van der Waals surface area contributed by atoms with Gasteiger partial charge in [0, 0.05) is 0 Å². The second kappa shape index (κ2) is 1.37. The third kappa shape index (κ3) is 0.517. The van der Waals surface area contributed by atoms with Gasteiger partial charge in [-0.1, -0.05) is 0 Å². The number of hydrogen-bond donors (Lipinski definition) is 0. The van der Waals surface area contributed by atoms with Gasteiger partial charge >= 0.3 is 0 Å². The molecule has 2 atom stereocenters. The van der Waals surface area contributed by atoms with E-state index in [1.54, 1.807) is 6.92 Å². The summed E-state index contributed by atoms with van der Waals surface area (Å²) in [5, 5.41) is 0. The third-order valence-electron chi connectivity index (χ3n) is 2.43. The van der Waals surface area contributed by atoms with Gasteiger partial charge in [0.05, 0.1) is 6.10 Å². The average Bonchev–Trinajstić information content (AvgIpc) is 2.38. The zero-order valence-electron chi connectivity index (χ0n) is 5.52. The summed E-state index contributed by atoms with van der Waals surface area (Å²) in [5.41, 5.74) is -0.278. The Morgan fingerprint density at radius 2 is 2.56 bits per heavy atom. The highest BCUT2D eigenvalue weighted by atomic mass is 16.6. The highest BCUT2D eigenvalue weighted by Gasteiger charge is 2.62. The van der Waals surface area contributed by atoms with Crippen LogP contribution >= 0.6 is 0 Å². The quantitative estimate of drug-likeness (QED) is 0.488. The van der Waals surface area contributed by atoms with Gasteiger partial charge in [0.15, 0.2) is 11.4 Å². The molecule has 0 spiro atoms. The highest BCUT2D eigenvalue weighted by molar-refractivity contribution is 5.88. The molecule has 0 bridgehead atoms. The molecule has 0 amide bonds. The first-order valence-electron chi connectivity index (χ1n) is 3.44. The molecule has 50 valence electrons. The zero-order chi connectivity index (χ0) is 6.48. The molecule has 0 unspecified atom stereocenters. The van der Waals surface area contributed by atoms with Crippen LogP contribution in [0.1, 0.15) is 26.2 Å². The molecular formula is C7H10O2. The maximum atomic E-state index is 10.9. The minimum Gasteiger partial charge on any atom is -0.358 e. The van der Waals surface area contributed by atoms with E-state index in [9.17, 15) is 4.79 Å². The summed E-state index contributed by atoms with van der Waals surface area (Å²) in [4.78, 5) is 10.9. The van der Waals surface area contributed by atoms with Crippen molar-refractivity contribution in [2.24, 2.45) is 0 Å². The van der Waals surface area contributed by atoms with Crippen LogP contribution in [0.25, 0.3) is 0 Å². The van der Waals surface area contributed by atoms with Gasteiger partial charge in [0.1, 0.15) is 0 Å². The lowest BCUT2D eigenvalue weighted by molar-refractivity contribution is -0.122. The summed E-state index contributed by atoms with van der Waals surface area (Å²) in [6.07, 6.45) is 3.53. The molecule has 0 N–H and O–H groups in total. The monoisotopic (exact) mass is 126 g/mol. The zero-order valence-corrected chi connectivity index (χ0v) is 5.52. The van der Waals surface area contributed by atoms with E-state index in [2.05, 4.69) is 0 Å². The van der Waals surface area contributed by atoms with Crippen LogP contribution in [0.3, 0.4) is 0 Å². The number of ketones is 1. The molecule has 1 heterocycles.